The van der Waals surface area contributed by atoms with E-state index in [1.165, 1.54) is 5.56 Å². The molecule has 2 aromatic carbocycles. The zero-order valence-corrected chi connectivity index (χ0v) is 19.9. The molecular formula is C27H33N3O5. The molecule has 0 aromatic heterocycles. The second-order valence-electron chi connectivity index (χ2n) is 9.06. The fourth-order valence-corrected chi connectivity index (χ4v) is 4.76. The molecule has 1 heterocycles. The van der Waals surface area contributed by atoms with E-state index in [1.807, 2.05) is 54.6 Å². The molecule has 2 amide bonds. The Morgan fingerprint density at radius 2 is 2.00 bits per heavy atom. The van der Waals surface area contributed by atoms with E-state index in [4.69, 9.17) is 15.2 Å². The third kappa shape index (κ3) is 6.08. The van der Waals surface area contributed by atoms with Crippen LogP contribution in [0.25, 0.3) is 0 Å². The lowest BCUT2D eigenvalue weighted by molar-refractivity contribution is -0.134. The predicted octanol–water partition coefficient (Wildman–Crippen LogP) is 1.42. The topological polar surface area (TPSA) is 123 Å². The number of amides is 2. The molecule has 8 heteroatoms. The number of hydrogen-bond donors (Lipinski definition) is 4. The minimum absolute atomic E-state index is 0.133. The first kappa shape index (κ1) is 24.9. The Balaban J connectivity index is 1.61. The van der Waals surface area contributed by atoms with E-state index in [0.29, 0.717) is 13.0 Å². The Bertz CT molecular complexity index is 1060. The second kappa shape index (κ2) is 11.5. The van der Waals surface area contributed by atoms with Crippen LogP contribution in [0.2, 0.25) is 0 Å². The number of carbonyl (C=O) groups excluding carboxylic acids is 2. The number of nitrogens with two attached hydrogens (primary N) is 1. The number of aliphatic hydroxyl groups excluding tert-OH is 1. The molecule has 2 aliphatic rings. The summed E-state index contributed by atoms with van der Waals surface area (Å²) in [6.07, 6.45) is 3.82. The van der Waals surface area contributed by atoms with Gasteiger partial charge in [0.25, 0.3) is 0 Å². The molecule has 1 aliphatic heterocycles. The van der Waals surface area contributed by atoms with Crippen LogP contribution in [0.15, 0.2) is 60.7 Å². The van der Waals surface area contributed by atoms with Gasteiger partial charge in [-0.25, -0.2) is 0 Å². The number of hydrogen-bond acceptors (Lipinski definition) is 6. The van der Waals surface area contributed by atoms with Gasteiger partial charge >= 0.3 is 0 Å². The van der Waals surface area contributed by atoms with Gasteiger partial charge in [-0.15, -0.1) is 0 Å². The van der Waals surface area contributed by atoms with Gasteiger partial charge in [-0.3, -0.25) is 9.59 Å². The summed E-state index contributed by atoms with van der Waals surface area (Å²) in [5.41, 5.74) is 8.73. The van der Waals surface area contributed by atoms with E-state index in [2.05, 4.69) is 10.6 Å². The first-order valence-electron chi connectivity index (χ1n) is 11.9. The molecule has 0 radical (unpaired) electrons. The lowest BCUT2D eigenvalue weighted by Crippen LogP contribution is -2.52. The van der Waals surface area contributed by atoms with Crippen LogP contribution in [-0.2, 0) is 27.2 Å². The molecule has 0 saturated heterocycles. The van der Waals surface area contributed by atoms with Crippen molar-refractivity contribution in [3.63, 3.8) is 0 Å². The summed E-state index contributed by atoms with van der Waals surface area (Å²) in [4.78, 5) is 25.0. The molecule has 0 unspecified atom stereocenters. The molecule has 0 bridgehead atoms. The van der Waals surface area contributed by atoms with Crippen LogP contribution in [0.5, 0.6) is 5.75 Å². The van der Waals surface area contributed by atoms with Crippen molar-refractivity contribution in [1.29, 1.82) is 0 Å². The summed E-state index contributed by atoms with van der Waals surface area (Å²) in [7, 11) is 1.64. The molecule has 0 saturated carbocycles. The second-order valence-corrected chi connectivity index (χ2v) is 9.06. The third-order valence-corrected chi connectivity index (χ3v) is 6.72. The molecule has 2 aromatic rings. The van der Waals surface area contributed by atoms with E-state index in [-0.39, 0.29) is 25.1 Å². The Hall–Kier alpha value is -3.20. The number of benzene rings is 2. The number of carbonyl (C=O) groups is 2. The normalized spacial score (nSPS) is 28.2. The van der Waals surface area contributed by atoms with Crippen molar-refractivity contribution in [3.8, 4) is 5.75 Å². The Kier molecular flexibility index (Phi) is 8.17. The van der Waals surface area contributed by atoms with Crippen molar-refractivity contribution in [3.05, 3.63) is 77.4 Å². The van der Waals surface area contributed by atoms with Crippen molar-refractivity contribution in [2.45, 2.75) is 43.6 Å². The molecule has 0 fully saturated rings. The number of fused-ring (bicyclic) bond motifs is 3. The standard InChI is InChI=1S/C27H33N3O5/c1-34-19-11-10-18-14-24-25(21(18)15-19)29-16-23(31)22(13-17-7-3-2-4-8-17)30-27(33)20(26(28)32)9-5-6-12-35-24/h2-8,10-11,15,20,22-25,29,31H,9,12-14,16H2,1H3,(H2,28,32)(H,30,33)/b6-5-/t20-,22-,23+,24-,25+/m0/s1. The highest BCUT2D eigenvalue weighted by molar-refractivity contribution is 5.99. The van der Waals surface area contributed by atoms with E-state index in [0.717, 1.165) is 23.3 Å². The summed E-state index contributed by atoms with van der Waals surface area (Å²) < 4.78 is 11.6. The van der Waals surface area contributed by atoms with E-state index >= 15 is 0 Å². The summed E-state index contributed by atoms with van der Waals surface area (Å²) >= 11 is 0. The fourth-order valence-electron chi connectivity index (χ4n) is 4.76. The summed E-state index contributed by atoms with van der Waals surface area (Å²) in [6, 6.07) is 14.8. The van der Waals surface area contributed by atoms with Gasteiger partial charge in [0.1, 0.15) is 11.7 Å². The highest BCUT2D eigenvalue weighted by Gasteiger charge is 2.35. The van der Waals surface area contributed by atoms with Gasteiger partial charge in [-0.05, 0) is 41.7 Å². The van der Waals surface area contributed by atoms with Gasteiger partial charge in [0, 0.05) is 13.0 Å². The SMILES string of the molecule is COc1ccc2c(c1)[C@H]1NC[C@@H](O)[C@H](Cc3ccccc3)NC(=O)[C@H](C(N)=O)C/C=C\CO[C@H]1C2. The van der Waals surface area contributed by atoms with Crippen LogP contribution < -0.4 is 21.1 Å². The van der Waals surface area contributed by atoms with Gasteiger partial charge in [-0.1, -0.05) is 48.6 Å². The molecule has 5 N–H and O–H groups in total. The molecule has 8 nitrogen and oxygen atoms in total. The summed E-state index contributed by atoms with van der Waals surface area (Å²) in [6.45, 7) is 0.552. The van der Waals surface area contributed by atoms with E-state index in [9.17, 15) is 14.7 Å². The third-order valence-electron chi connectivity index (χ3n) is 6.72. The van der Waals surface area contributed by atoms with Crippen LogP contribution in [-0.4, -0.2) is 55.4 Å². The van der Waals surface area contributed by atoms with Gasteiger partial charge < -0.3 is 30.9 Å². The number of nitrogens with one attached hydrogen (secondary N) is 2. The lowest BCUT2D eigenvalue weighted by atomic mass is 9.97. The van der Waals surface area contributed by atoms with Crippen LogP contribution in [0, 0.1) is 5.92 Å². The smallest absolute Gasteiger partial charge is 0.233 e. The maximum atomic E-state index is 13.0. The molecule has 1 aliphatic carbocycles. The first-order valence-corrected chi connectivity index (χ1v) is 11.9. The Morgan fingerprint density at radius 3 is 2.74 bits per heavy atom. The Labute approximate surface area is 205 Å². The van der Waals surface area contributed by atoms with Crippen LogP contribution in [0.1, 0.15) is 29.2 Å². The maximum Gasteiger partial charge on any atom is 0.233 e. The first-order chi connectivity index (χ1) is 17.0. The number of allylic oxidation sites excluding steroid dienone is 1. The van der Waals surface area contributed by atoms with Crippen LogP contribution in [0.4, 0.5) is 0 Å². The van der Waals surface area contributed by atoms with E-state index in [1.54, 1.807) is 13.2 Å². The maximum absolute atomic E-state index is 13.0. The summed E-state index contributed by atoms with van der Waals surface area (Å²) in [5, 5.41) is 17.5. The number of β-amino-alcohol motifs (C(OH)–C–C–N with tert-alkyl or cyclic N) is 1. The number of ether oxygens (including phenoxy) is 2. The summed E-state index contributed by atoms with van der Waals surface area (Å²) in [5.74, 6) is -1.46. The molecule has 0 spiro atoms. The largest absolute Gasteiger partial charge is 0.497 e. The monoisotopic (exact) mass is 479 g/mol. The molecule has 4 rings (SSSR count). The van der Waals surface area contributed by atoms with Gasteiger partial charge in [-0.2, -0.15) is 0 Å². The van der Waals surface area contributed by atoms with Crippen molar-refractivity contribution in [2.24, 2.45) is 11.7 Å². The zero-order chi connectivity index (χ0) is 24.8. The number of rotatable bonds is 4. The predicted molar refractivity (Wildman–Crippen MR) is 132 cm³/mol. The minimum atomic E-state index is -1.02. The van der Waals surface area contributed by atoms with Gasteiger partial charge in [0.05, 0.1) is 38.0 Å². The molecular weight excluding hydrogens is 446 g/mol. The average Bonchev–Trinajstić information content (AvgIpc) is 3.20. The van der Waals surface area contributed by atoms with Crippen molar-refractivity contribution >= 4 is 11.8 Å². The molecule has 186 valence electrons. The molecule has 5 atom stereocenters. The lowest BCUT2D eigenvalue weighted by Gasteiger charge is -2.29. The fraction of sp³-hybridized carbons (Fsp3) is 0.407. The van der Waals surface area contributed by atoms with Crippen molar-refractivity contribution in [1.82, 2.24) is 10.6 Å². The average molecular weight is 480 g/mol. The highest BCUT2D eigenvalue weighted by atomic mass is 16.5. The number of methoxy groups -OCH3 is 1. The van der Waals surface area contributed by atoms with Gasteiger partial charge in [0.15, 0.2) is 0 Å². The highest BCUT2D eigenvalue weighted by Crippen LogP contribution is 2.36. The van der Waals surface area contributed by atoms with Crippen LogP contribution in [0.3, 0.4) is 0 Å². The van der Waals surface area contributed by atoms with Crippen LogP contribution >= 0.6 is 0 Å². The van der Waals surface area contributed by atoms with Gasteiger partial charge in [0.2, 0.25) is 11.8 Å². The van der Waals surface area contributed by atoms with E-state index < -0.39 is 29.9 Å². The number of aliphatic hydroxyl groups is 1. The molecule has 35 heavy (non-hydrogen) atoms. The Morgan fingerprint density at radius 1 is 1.20 bits per heavy atom. The minimum Gasteiger partial charge on any atom is -0.497 e. The van der Waals surface area contributed by atoms with Crippen molar-refractivity contribution in [2.75, 3.05) is 20.3 Å². The number of primary amides is 1. The zero-order valence-electron chi connectivity index (χ0n) is 19.9. The van der Waals surface area contributed by atoms with Crippen molar-refractivity contribution < 1.29 is 24.2 Å². The quantitative estimate of drug-likeness (QED) is 0.389.